The van der Waals surface area contributed by atoms with E-state index in [2.05, 4.69) is 91.0 Å². The number of alkyl halides is 2. The minimum atomic E-state index is -3.14. The first kappa shape index (κ1) is 33.9. The quantitative estimate of drug-likeness (QED) is 0.175. The standard InChI is InChI=1S/C54H35F2N3/c1-59-51(34-16-6-3-7-17-34)57-50(33-14-4-2-5-15-33)58-52(59)37-26-29-48-43(31-37)42-30-35(25-28-47(42)54(48,55)56)36-24-27-41-40-20-10-13-23-46(40)53(49(41)32-36)44-21-11-8-18-38(44)39-19-9-12-22-45(39)53/h2-32,52H,1H3. The monoisotopic (exact) mass is 763 g/mol. The van der Waals surface area contributed by atoms with Crippen LogP contribution in [-0.2, 0) is 11.3 Å². The number of hydrogen-bond donors (Lipinski definition) is 0. The van der Waals surface area contributed by atoms with Crippen molar-refractivity contribution in [1.82, 2.24) is 4.90 Å². The highest BCUT2D eigenvalue weighted by atomic mass is 19.3. The molecule has 12 rings (SSSR count). The number of benzene rings is 8. The molecule has 8 aromatic carbocycles. The number of fused-ring (bicyclic) bond motifs is 13. The minimum absolute atomic E-state index is 0.0126. The van der Waals surface area contributed by atoms with Crippen molar-refractivity contribution in [3.63, 3.8) is 0 Å². The van der Waals surface area contributed by atoms with Crippen LogP contribution in [0.5, 0.6) is 0 Å². The van der Waals surface area contributed by atoms with Gasteiger partial charge in [0.25, 0.3) is 5.92 Å². The lowest BCUT2D eigenvalue weighted by Crippen LogP contribution is -2.35. The lowest BCUT2D eigenvalue weighted by Gasteiger charge is -2.32. The lowest BCUT2D eigenvalue weighted by molar-refractivity contribution is 0.0480. The third-order valence-electron chi connectivity index (χ3n) is 12.9. The van der Waals surface area contributed by atoms with Gasteiger partial charge in [0.05, 0.1) is 5.41 Å². The molecule has 280 valence electrons. The van der Waals surface area contributed by atoms with Gasteiger partial charge in [-0.05, 0) is 90.5 Å². The van der Waals surface area contributed by atoms with Gasteiger partial charge in [0.1, 0.15) is 5.84 Å². The molecule has 1 aliphatic heterocycles. The molecule has 0 aromatic heterocycles. The molecule has 1 unspecified atom stereocenters. The Labute approximate surface area is 341 Å². The maximum absolute atomic E-state index is 16.4. The summed E-state index contributed by atoms with van der Waals surface area (Å²) in [5, 5.41) is 0. The number of nitrogens with zero attached hydrogens (tertiary/aromatic N) is 3. The Balaban J connectivity index is 0.999. The number of amidine groups is 2. The van der Waals surface area contributed by atoms with Gasteiger partial charge in [-0.25, -0.2) is 9.98 Å². The Hall–Kier alpha value is -7.24. The van der Waals surface area contributed by atoms with Crippen molar-refractivity contribution in [3.8, 4) is 44.5 Å². The van der Waals surface area contributed by atoms with Crippen molar-refractivity contribution in [3.05, 3.63) is 238 Å². The predicted octanol–water partition coefficient (Wildman–Crippen LogP) is 12.7. The Morgan fingerprint density at radius 1 is 0.424 bits per heavy atom. The summed E-state index contributed by atoms with van der Waals surface area (Å²) in [6.07, 6.45) is -0.490. The van der Waals surface area contributed by atoms with Gasteiger partial charge < -0.3 is 4.90 Å². The molecule has 1 atom stereocenters. The van der Waals surface area contributed by atoms with E-state index >= 15 is 8.78 Å². The summed E-state index contributed by atoms with van der Waals surface area (Å²) in [6, 6.07) is 63.6. The second-order valence-corrected chi connectivity index (χ2v) is 15.9. The van der Waals surface area contributed by atoms with E-state index in [1.165, 1.54) is 44.5 Å². The van der Waals surface area contributed by atoms with E-state index in [4.69, 9.17) is 9.98 Å². The molecule has 0 saturated heterocycles. The fourth-order valence-electron chi connectivity index (χ4n) is 10.3. The second-order valence-electron chi connectivity index (χ2n) is 15.9. The first-order chi connectivity index (χ1) is 28.9. The Morgan fingerprint density at radius 3 is 1.54 bits per heavy atom. The van der Waals surface area contributed by atoms with Crippen molar-refractivity contribution in [1.29, 1.82) is 0 Å². The zero-order valence-corrected chi connectivity index (χ0v) is 32.1. The SMILES string of the molecule is CN1C(c2ccccc2)=NC(c2ccccc2)=NC1c1ccc2c(c1)-c1cc(-c3ccc4c(c3)C3(c5ccccc5-c5ccccc53)c3ccccc3-4)ccc1C2(F)F. The second kappa shape index (κ2) is 12.4. The van der Waals surface area contributed by atoms with Crippen LogP contribution in [0.1, 0.15) is 56.2 Å². The molecular formula is C54H35F2N3. The Kier molecular flexibility index (Phi) is 7.10. The number of halogens is 2. The number of aliphatic imine (C=N–C) groups is 2. The zero-order valence-electron chi connectivity index (χ0n) is 32.1. The summed E-state index contributed by atoms with van der Waals surface area (Å²) in [5.74, 6) is -1.77. The molecule has 3 nitrogen and oxygen atoms in total. The molecule has 0 saturated carbocycles. The van der Waals surface area contributed by atoms with E-state index in [0.29, 0.717) is 17.0 Å². The van der Waals surface area contributed by atoms with Crippen molar-refractivity contribution in [2.75, 3.05) is 7.05 Å². The molecule has 1 heterocycles. The molecular weight excluding hydrogens is 729 g/mol. The summed E-state index contributed by atoms with van der Waals surface area (Å²) >= 11 is 0. The molecule has 5 heteroatoms. The Morgan fingerprint density at radius 2 is 0.915 bits per heavy atom. The molecule has 0 N–H and O–H groups in total. The highest BCUT2D eigenvalue weighted by Crippen LogP contribution is 2.63. The van der Waals surface area contributed by atoms with E-state index in [1.807, 2.05) is 90.8 Å². The molecule has 0 amide bonds. The summed E-state index contributed by atoms with van der Waals surface area (Å²) in [5.41, 5.74) is 15.1. The van der Waals surface area contributed by atoms with Gasteiger partial charge in [0.15, 0.2) is 12.0 Å². The Bertz CT molecular complexity index is 3050. The van der Waals surface area contributed by atoms with Crippen LogP contribution in [0, 0.1) is 0 Å². The van der Waals surface area contributed by atoms with Gasteiger partial charge in [-0.1, -0.05) is 170 Å². The third-order valence-corrected chi connectivity index (χ3v) is 12.9. The fourth-order valence-corrected chi connectivity index (χ4v) is 10.3. The highest BCUT2D eigenvalue weighted by molar-refractivity contribution is 6.13. The zero-order chi connectivity index (χ0) is 39.5. The van der Waals surface area contributed by atoms with Crippen LogP contribution in [0.2, 0.25) is 0 Å². The smallest absolute Gasteiger partial charge is 0.299 e. The van der Waals surface area contributed by atoms with Crippen molar-refractivity contribution >= 4 is 11.7 Å². The molecule has 0 fully saturated rings. The van der Waals surface area contributed by atoms with Crippen LogP contribution in [0.15, 0.2) is 198 Å². The average Bonchev–Trinajstić information content (AvgIpc) is 3.85. The summed E-state index contributed by atoms with van der Waals surface area (Å²) < 4.78 is 32.9. The highest BCUT2D eigenvalue weighted by Gasteiger charge is 2.51. The number of rotatable bonds is 4. The van der Waals surface area contributed by atoms with Crippen LogP contribution in [-0.4, -0.2) is 23.6 Å². The maximum Gasteiger partial charge on any atom is 0.299 e. The van der Waals surface area contributed by atoms with Crippen LogP contribution in [0.4, 0.5) is 8.78 Å². The third kappa shape index (κ3) is 4.67. The van der Waals surface area contributed by atoms with E-state index in [1.54, 1.807) is 18.2 Å². The van der Waals surface area contributed by atoms with E-state index in [-0.39, 0.29) is 11.1 Å². The summed E-state index contributed by atoms with van der Waals surface area (Å²) in [4.78, 5) is 12.2. The first-order valence-electron chi connectivity index (χ1n) is 20.0. The first-order valence-corrected chi connectivity index (χ1v) is 20.0. The predicted molar refractivity (Wildman–Crippen MR) is 233 cm³/mol. The molecule has 0 radical (unpaired) electrons. The van der Waals surface area contributed by atoms with Crippen LogP contribution in [0.3, 0.4) is 0 Å². The van der Waals surface area contributed by atoms with Crippen LogP contribution < -0.4 is 0 Å². The van der Waals surface area contributed by atoms with Gasteiger partial charge in [0.2, 0.25) is 0 Å². The van der Waals surface area contributed by atoms with Crippen LogP contribution >= 0.6 is 0 Å². The topological polar surface area (TPSA) is 28.0 Å². The normalized spacial score (nSPS) is 17.0. The van der Waals surface area contributed by atoms with Gasteiger partial charge in [-0.15, -0.1) is 0 Å². The summed E-state index contributed by atoms with van der Waals surface area (Å²) in [6.45, 7) is 0. The van der Waals surface area contributed by atoms with Gasteiger partial charge in [-0.3, -0.25) is 0 Å². The number of hydrogen-bond acceptors (Lipinski definition) is 3. The molecule has 59 heavy (non-hydrogen) atoms. The van der Waals surface area contributed by atoms with Gasteiger partial charge >= 0.3 is 0 Å². The molecule has 4 aliphatic rings. The lowest BCUT2D eigenvalue weighted by atomic mass is 9.70. The van der Waals surface area contributed by atoms with Crippen molar-refractivity contribution in [2.24, 2.45) is 9.98 Å². The van der Waals surface area contributed by atoms with E-state index in [9.17, 15) is 0 Å². The van der Waals surface area contributed by atoms with Crippen molar-refractivity contribution in [2.45, 2.75) is 17.5 Å². The molecule has 1 spiro atoms. The van der Waals surface area contributed by atoms with Gasteiger partial charge in [-0.2, -0.15) is 8.78 Å². The molecule has 8 aromatic rings. The van der Waals surface area contributed by atoms with Crippen molar-refractivity contribution < 1.29 is 8.78 Å². The largest absolute Gasteiger partial charge is 0.333 e. The summed E-state index contributed by atoms with van der Waals surface area (Å²) in [7, 11) is 1.97. The maximum atomic E-state index is 16.4. The molecule has 0 bridgehead atoms. The fraction of sp³-hybridized carbons (Fsp3) is 0.0741. The van der Waals surface area contributed by atoms with E-state index in [0.717, 1.165) is 33.7 Å². The van der Waals surface area contributed by atoms with Gasteiger partial charge in [0, 0.05) is 29.3 Å². The van der Waals surface area contributed by atoms with Crippen LogP contribution in [0.25, 0.3) is 44.5 Å². The minimum Gasteiger partial charge on any atom is -0.333 e. The van der Waals surface area contributed by atoms with E-state index < -0.39 is 17.5 Å². The molecule has 3 aliphatic carbocycles. The average molecular weight is 764 g/mol.